The molecule has 9 nitrogen and oxygen atoms in total. The quantitative estimate of drug-likeness (QED) is 0.744. The van der Waals surface area contributed by atoms with E-state index in [1.165, 1.54) is 5.56 Å². The second kappa shape index (κ2) is 7.64. The van der Waals surface area contributed by atoms with Crippen LogP contribution in [-0.2, 0) is 11.3 Å². The average molecular weight is 412 g/mol. The molecule has 2 fully saturated rings. The average Bonchev–Trinajstić information content (AvgIpc) is 3.35. The molecule has 5 rings (SSSR count). The highest BCUT2D eigenvalue weighted by Gasteiger charge is 2.39. The third-order valence-electron chi connectivity index (χ3n) is 5.89. The normalized spacial score (nSPS) is 19.1. The number of aromatic nitrogens is 1. The highest BCUT2D eigenvalue weighted by atomic mass is 16.7. The van der Waals surface area contributed by atoms with Crippen molar-refractivity contribution in [1.82, 2.24) is 19.9 Å². The molecule has 3 aliphatic rings. The molecule has 0 radical (unpaired) electrons. The maximum Gasteiger partial charge on any atom is 0.276 e. The Balaban J connectivity index is 1.09. The Kier molecular flexibility index (Phi) is 4.82. The Bertz CT molecular complexity index is 960. The summed E-state index contributed by atoms with van der Waals surface area (Å²) in [4.78, 5) is 31.0. The summed E-state index contributed by atoms with van der Waals surface area (Å²) in [6, 6.07) is 7.65. The van der Waals surface area contributed by atoms with Crippen molar-refractivity contribution in [3.05, 3.63) is 41.3 Å². The standard InChI is InChI=1S/C21H24N4O5/c1-14-8-17(22-30-14)21(27)25-11-16(12-25)20(26)24-6-4-23(5-7-24)10-15-2-3-18-19(9-15)29-13-28-18/h2-3,8-9,16H,4-7,10-13H2,1H3. The zero-order valence-corrected chi connectivity index (χ0v) is 16.9. The first-order valence-electron chi connectivity index (χ1n) is 10.2. The molecule has 30 heavy (non-hydrogen) atoms. The van der Waals surface area contributed by atoms with E-state index in [2.05, 4.69) is 16.1 Å². The van der Waals surface area contributed by atoms with Crippen LogP contribution in [0.4, 0.5) is 0 Å². The molecule has 1 aromatic carbocycles. The molecule has 0 spiro atoms. The van der Waals surface area contributed by atoms with Crippen molar-refractivity contribution in [2.24, 2.45) is 5.92 Å². The van der Waals surface area contributed by atoms with Crippen molar-refractivity contribution >= 4 is 11.8 Å². The lowest BCUT2D eigenvalue weighted by Gasteiger charge is -2.42. The molecule has 0 N–H and O–H groups in total. The van der Waals surface area contributed by atoms with E-state index in [0.717, 1.165) is 31.1 Å². The number of likely N-dealkylation sites (tertiary alicyclic amines) is 1. The van der Waals surface area contributed by atoms with Gasteiger partial charge in [0.05, 0.1) is 5.92 Å². The zero-order chi connectivity index (χ0) is 20.7. The molecule has 2 aromatic rings. The molecule has 4 heterocycles. The van der Waals surface area contributed by atoms with Crippen molar-refractivity contribution in [2.75, 3.05) is 46.1 Å². The summed E-state index contributed by atoms with van der Waals surface area (Å²) in [6.07, 6.45) is 0. The van der Waals surface area contributed by atoms with E-state index in [4.69, 9.17) is 14.0 Å². The van der Waals surface area contributed by atoms with Crippen LogP contribution in [0, 0.1) is 12.8 Å². The molecule has 1 aromatic heterocycles. The fourth-order valence-corrected chi connectivity index (χ4v) is 4.11. The maximum absolute atomic E-state index is 12.8. The number of nitrogens with zero attached hydrogens (tertiary/aromatic N) is 4. The number of hydrogen-bond donors (Lipinski definition) is 0. The second-order valence-electron chi connectivity index (χ2n) is 8.02. The van der Waals surface area contributed by atoms with E-state index in [1.807, 2.05) is 17.0 Å². The van der Waals surface area contributed by atoms with Crippen LogP contribution in [0.25, 0.3) is 0 Å². The second-order valence-corrected chi connectivity index (χ2v) is 8.02. The smallest absolute Gasteiger partial charge is 0.276 e. The van der Waals surface area contributed by atoms with Crippen LogP contribution in [-0.4, -0.2) is 77.7 Å². The zero-order valence-electron chi connectivity index (χ0n) is 16.9. The van der Waals surface area contributed by atoms with Gasteiger partial charge in [-0.2, -0.15) is 0 Å². The summed E-state index contributed by atoms with van der Waals surface area (Å²) in [5, 5.41) is 3.76. The Morgan fingerprint density at radius 1 is 1.03 bits per heavy atom. The van der Waals surface area contributed by atoms with E-state index in [-0.39, 0.29) is 24.5 Å². The van der Waals surface area contributed by atoms with Gasteiger partial charge in [-0.1, -0.05) is 11.2 Å². The fraction of sp³-hybridized carbons (Fsp3) is 0.476. The van der Waals surface area contributed by atoms with Crippen molar-refractivity contribution in [3.63, 3.8) is 0 Å². The Morgan fingerprint density at radius 3 is 2.53 bits per heavy atom. The third-order valence-corrected chi connectivity index (χ3v) is 5.89. The lowest BCUT2D eigenvalue weighted by molar-refractivity contribution is -0.141. The van der Waals surface area contributed by atoms with Crippen LogP contribution in [0.3, 0.4) is 0 Å². The van der Waals surface area contributed by atoms with Gasteiger partial charge in [0.2, 0.25) is 12.7 Å². The van der Waals surface area contributed by atoms with E-state index < -0.39 is 0 Å². The first-order valence-corrected chi connectivity index (χ1v) is 10.2. The molecule has 2 saturated heterocycles. The fourth-order valence-electron chi connectivity index (χ4n) is 4.11. The first-order chi connectivity index (χ1) is 14.6. The van der Waals surface area contributed by atoms with Gasteiger partial charge in [-0.15, -0.1) is 0 Å². The molecule has 9 heteroatoms. The number of fused-ring (bicyclic) bond motifs is 1. The van der Waals surface area contributed by atoms with Gasteiger partial charge in [0.15, 0.2) is 17.2 Å². The number of hydrogen-bond acceptors (Lipinski definition) is 7. The minimum absolute atomic E-state index is 0.123. The largest absolute Gasteiger partial charge is 0.454 e. The number of aryl methyl sites for hydroxylation is 1. The molecule has 0 atom stereocenters. The molecule has 0 unspecified atom stereocenters. The van der Waals surface area contributed by atoms with Crippen LogP contribution in [0.5, 0.6) is 11.5 Å². The van der Waals surface area contributed by atoms with Crippen LogP contribution < -0.4 is 9.47 Å². The van der Waals surface area contributed by atoms with E-state index in [1.54, 1.807) is 17.9 Å². The highest BCUT2D eigenvalue weighted by molar-refractivity contribution is 5.94. The van der Waals surface area contributed by atoms with E-state index >= 15 is 0 Å². The predicted octanol–water partition coefficient (Wildman–Crippen LogP) is 1.13. The molecule has 0 bridgehead atoms. The molecular formula is C21H24N4O5. The summed E-state index contributed by atoms with van der Waals surface area (Å²) >= 11 is 0. The Labute approximate surface area is 174 Å². The number of carbonyl (C=O) groups is 2. The lowest BCUT2D eigenvalue weighted by Crippen LogP contribution is -2.59. The van der Waals surface area contributed by atoms with Crippen LogP contribution in [0.15, 0.2) is 28.8 Å². The van der Waals surface area contributed by atoms with Gasteiger partial charge in [0, 0.05) is 51.9 Å². The molecule has 158 valence electrons. The van der Waals surface area contributed by atoms with Crippen molar-refractivity contribution < 1.29 is 23.6 Å². The number of amides is 2. The van der Waals surface area contributed by atoms with Crippen LogP contribution >= 0.6 is 0 Å². The molecular weight excluding hydrogens is 388 g/mol. The molecule has 2 amide bonds. The molecule has 3 aliphatic heterocycles. The Morgan fingerprint density at radius 2 is 1.80 bits per heavy atom. The van der Waals surface area contributed by atoms with Crippen molar-refractivity contribution in [1.29, 1.82) is 0 Å². The van der Waals surface area contributed by atoms with Gasteiger partial charge in [0.1, 0.15) is 5.76 Å². The number of rotatable bonds is 4. The topological polar surface area (TPSA) is 88.4 Å². The molecule has 0 aliphatic carbocycles. The lowest BCUT2D eigenvalue weighted by atomic mass is 9.97. The minimum Gasteiger partial charge on any atom is -0.454 e. The number of carbonyl (C=O) groups excluding carboxylic acids is 2. The SMILES string of the molecule is Cc1cc(C(=O)N2CC(C(=O)N3CCN(Cc4ccc5c(c4)OCO5)CC3)C2)no1. The van der Waals surface area contributed by atoms with E-state index in [0.29, 0.717) is 37.6 Å². The van der Waals surface area contributed by atoms with Gasteiger partial charge in [-0.05, 0) is 24.6 Å². The van der Waals surface area contributed by atoms with Crippen molar-refractivity contribution in [3.8, 4) is 11.5 Å². The van der Waals surface area contributed by atoms with E-state index in [9.17, 15) is 9.59 Å². The van der Waals surface area contributed by atoms with Crippen LogP contribution in [0.2, 0.25) is 0 Å². The number of ether oxygens (including phenoxy) is 2. The maximum atomic E-state index is 12.8. The van der Waals surface area contributed by atoms with Crippen molar-refractivity contribution in [2.45, 2.75) is 13.5 Å². The summed E-state index contributed by atoms with van der Waals surface area (Å²) in [6.45, 7) is 6.80. The van der Waals surface area contributed by atoms with Gasteiger partial charge in [-0.25, -0.2) is 0 Å². The van der Waals surface area contributed by atoms with Gasteiger partial charge in [0.25, 0.3) is 5.91 Å². The van der Waals surface area contributed by atoms with Gasteiger partial charge < -0.3 is 23.8 Å². The number of piperazine rings is 1. The molecule has 0 saturated carbocycles. The monoisotopic (exact) mass is 412 g/mol. The predicted molar refractivity (Wildman–Crippen MR) is 105 cm³/mol. The third kappa shape index (κ3) is 3.60. The summed E-state index contributed by atoms with van der Waals surface area (Å²) in [5.41, 5.74) is 1.48. The summed E-state index contributed by atoms with van der Waals surface area (Å²) in [5.74, 6) is 2.03. The van der Waals surface area contributed by atoms with Crippen LogP contribution in [0.1, 0.15) is 21.8 Å². The highest BCUT2D eigenvalue weighted by Crippen LogP contribution is 2.33. The van der Waals surface area contributed by atoms with Gasteiger partial charge in [-0.3, -0.25) is 14.5 Å². The Hall–Kier alpha value is -3.07. The first kappa shape index (κ1) is 18.9. The van der Waals surface area contributed by atoms with Gasteiger partial charge >= 0.3 is 0 Å². The number of benzene rings is 1. The minimum atomic E-state index is -0.176. The summed E-state index contributed by atoms with van der Waals surface area (Å²) in [7, 11) is 0. The summed E-state index contributed by atoms with van der Waals surface area (Å²) < 4.78 is 15.8.